The fourth-order valence-electron chi connectivity index (χ4n) is 2.26. The molecule has 16 heavy (non-hydrogen) atoms. The molecule has 2 aromatic heterocycles. The summed E-state index contributed by atoms with van der Waals surface area (Å²) in [7, 11) is 2.00. The van der Waals surface area contributed by atoms with Gasteiger partial charge in [0.25, 0.3) is 0 Å². The van der Waals surface area contributed by atoms with Crippen LogP contribution in [-0.2, 0) is 7.05 Å². The SMILES string of the molecule is Cc1cccc2c3cnc(N)nc3n(C)c12. The summed E-state index contributed by atoms with van der Waals surface area (Å²) < 4.78 is 2.07. The molecule has 0 saturated carbocycles. The minimum atomic E-state index is 0.316. The van der Waals surface area contributed by atoms with Gasteiger partial charge >= 0.3 is 0 Å². The van der Waals surface area contributed by atoms with Crippen molar-refractivity contribution in [3.63, 3.8) is 0 Å². The smallest absolute Gasteiger partial charge is 0.221 e. The molecule has 2 heterocycles. The molecular weight excluding hydrogens is 200 g/mol. The van der Waals surface area contributed by atoms with E-state index in [1.54, 1.807) is 6.20 Å². The van der Waals surface area contributed by atoms with Gasteiger partial charge in [0.05, 0.1) is 5.52 Å². The normalized spacial score (nSPS) is 11.4. The van der Waals surface area contributed by atoms with Gasteiger partial charge in [-0.1, -0.05) is 18.2 Å². The number of nitrogens with two attached hydrogens (primary N) is 1. The number of anilines is 1. The lowest BCUT2D eigenvalue weighted by Gasteiger charge is -2.00. The number of rotatable bonds is 0. The minimum absolute atomic E-state index is 0.316. The maximum atomic E-state index is 5.62. The molecule has 0 spiro atoms. The summed E-state index contributed by atoms with van der Waals surface area (Å²) in [5.74, 6) is 0.316. The lowest BCUT2D eigenvalue weighted by Crippen LogP contribution is -1.96. The fraction of sp³-hybridized carbons (Fsp3) is 0.167. The maximum Gasteiger partial charge on any atom is 0.221 e. The van der Waals surface area contributed by atoms with Crippen LogP contribution in [0.15, 0.2) is 24.4 Å². The molecule has 0 unspecified atom stereocenters. The van der Waals surface area contributed by atoms with Crippen molar-refractivity contribution in [2.75, 3.05) is 5.73 Å². The van der Waals surface area contributed by atoms with Gasteiger partial charge in [0, 0.05) is 24.0 Å². The van der Waals surface area contributed by atoms with Crippen LogP contribution in [0.4, 0.5) is 5.95 Å². The molecule has 0 fully saturated rings. The fourth-order valence-corrected chi connectivity index (χ4v) is 2.26. The van der Waals surface area contributed by atoms with Gasteiger partial charge in [-0.15, -0.1) is 0 Å². The minimum Gasteiger partial charge on any atom is -0.368 e. The summed E-state index contributed by atoms with van der Waals surface area (Å²) in [4.78, 5) is 8.34. The van der Waals surface area contributed by atoms with E-state index in [2.05, 4.69) is 33.6 Å². The molecule has 3 aromatic rings. The maximum absolute atomic E-state index is 5.62. The van der Waals surface area contributed by atoms with Gasteiger partial charge < -0.3 is 10.3 Å². The topological polar surface area (TPSA) is 56.7 Å². The molecule has 2 N–H and O–H groups in total. The molecule has 80 valence electrons. The molecule has 0 aliphatic rings. The van der Waals surface area contributed by atoms with E-state index in [9.17, 15) is 0 Å². The number of hydrogen-bond acceptors (Lipinski definition) is 3. The second-order valence-electron chi connectivity index (χ2n) is 4.00. The average molecular weight is 212 g/mol. The molecule has 1 aromatic carbocycles. The Morgan fingerprint density at radius 1 is 1.25 bits per heavy atom. The Kier molecular flexibility index (Phi) is 1.68. The zero-order chi connectivity index (χ0) is 11.3. The number of aromatic nitrogens is 3. The molecule has 0 radical (unpaired) electrons. The summed E-state index contributed by atoms with van der Waals surface area (Å²) in [6, 6.07) is 6.23. The first-order chi connectivity index (χ1) is 7.68. The predicted octanol–water partition coefficient (Wildman–Crippen LogP) is 2.01. The van der Waals surface area contributed by atoms with Crippen molar-refractivity contribution < 1.29 is 0 Å². The van der Waals surface area contributed by atoms with Crippen molar-refractivity contribution in [1.29, 1.82) is 0 Å². The Bertz CT molecular complexity index is 697. The molecule has 0 aliphatic heterocycles. The van der Waals surface area contributed by atoms with E-state index < -0.39 is 0 Å². The highest BCUT2D eigenvalue weighted by Crippen LogP contribution is 2.28. The zero-order valence-electron chi connectivity index (χ0n) is 9.23. The van der Waals surface area contributed by atoms with Crippen molar-refractivity contribution in [3.05, 3.63) is 30.0 Å². The van der Waals surface area contributed by atoms with Crippen molar-refractivity contribution in [2.45, 2.75) is 6.92 Å². The summed E-state index contributed by atoms with van der Waals surface area (Å²) in [6.07, 6.45) is 1.79. The van der Waals surface area contributed by atoms with E-state index >= 15 is 0 Å². The lowest BCUT2D eigenvalue weighted by molar-refractivity contribution is 0.980. The predicted molar refractivity (Wildman–Crippen MR) is 65.2 cm³/mol. The van der Waals surface area contributed by atoms with E-state index in [1.165, 1.54) is 16.5 Å². The third kappa shape index (κ3) is 1.04. The second-order valence-corrected chi connectivity index (χ2v) is 4.00. The van der Waals surface area contributed by atoms with E-state index in [4.69, 9.17) is 5.73 Å². The quantitative estimate of drug-likeness (QED) is 0.620. The number of nitrogens with zero attached hydrogens (tertiary/aromatic N) is 3. The van der Waals surface area contributed by atoms with Gasteiger partial charge in [0.2, 0.25) is 5.95 Å². The monoisotopic (exact) mass is 212 g/mol. The van der Waals surface area contributed by atoms with Gasteiger partial charge in [-0.05, 0) is 12.5 Å². The van der Waals surface area contributed by atoms with E-state index in [0.717, 1.165) is 11.0 Å². The molecule has 3 rings (SSSR count). The van der Waals surface area contributed by atoms with Crippen LogP contribution in [-0.4, -0.2) is 14.5 Å². The molecular formula is C12H12N4. The van der Waals surface area contributed by atoms with Crippen LogP contribution in [0, 0.1) is 6.92 Å². The Hall–Kier alpha value is -2.10. The number of fused-ring (bicyclic) bond motifs is 3. The first-order valence-electron chi connectivity index (χ1n) is 5.14. The van der Waals surface area contributed by atoms with Gasteiger partial charge in [-0.2, -0.15) is 4.98 Å². The van der Waals surface area contributed by atoms with Crippen LogP contribution in [0.5, 0.6) is 0 Å². The van der Waals surface area contributed by atoms with Crippen LogP contribution in [0.3, 0.4) is 0 Å². The van der Waals surface area contributed by atoms with Crippen molar-refractivity contribution in [1.82, 2.24) is 14.5 Å². The Morgan fingerprint density at radius 3 is 2.88 bits per heavy atom. The Labute approximate surface area is 92.7 Å². The van der Waals surface area contributed by atoms with Crippen molar-refractivity contribution in [3.8, 4) is 0 Å². The van der Waals surface area contributed by atoms with E-state index in [1.807, 2.05) is 13.1 Å². The lowest BCUT2D eigenvalue weighted by atomic mass is 10.1. The van der Waals surface area contributed by atoms with Gasteiger partial charge in [0.15, 0.2) is 0 Å². The second kappa shape index (κ2) is 2.95. The third-order valence-electron chi connectivity index (χ3n) is 2.97. The summed E-state index contributed by atoms with van der Waals surface area (Å²) >= 11 is 0. The highest BCUT2D eigenvalue weighted by atomic mass is 15.1. The van der Waals surface area contributed by atoms with Gasteiger partial charge in [-0.3, -0.25) is 0 Å². The van der Waals surface area contributed by atoms with Crippen molar-refractivity contribution >= 4 is 27.9 Å². The first-order valence-corrected chi connectivity index (χ1v) is 5.14. The molecule has 0 amide bonds. The zero-order valence-corrected chi connectivity index (χ0v) is 9.23. The van der Waals surface area contributed by atoms with Crippen LogP contribution >= 0.6 is 0 Å². The average Bonchev–Trinajstić information content (AvgIpc) is 2.54. The molecule has 0 saturated heterocycles. The third-order valence-corrected chi connectivity index (χ3v) is 2.97. The molecule has 0 bridgehead atoms. The molecule has 0 aliphatic carbocycles. The van der Waals surface area contributed by atoms with Gasteiger partial charge in [0.1, 0.15) is 5.65 Å². The Balaban J connectivity index is 2.64. The van der Waals surface area contributed by atoms with E-state index in [-0.39, 0.29) is 0 Å². The molecule has 0 atom stereocenters. The summed E-state index contributed by atoms with van der Waals surface area (Å²) in [5, 5.41) is 2.23. The number of hydrogen-bond donors (Lipinski definition) is 1. The van der Waals surface area contributed by atoms with Crippen LogP contribution in [0.25, 0.3) is 21.9 Å². The summed E-state index contributed by atoms with van der Waals surface area (Å²) in [5.41, 5.74) is 8.93. The largest absolute Gasteiger partial charge is 0.368 e. The molecule has 4 heteroatoms. The number of aryl methyl sites for hydroxylation is 2. The summed E-state index contributed by atoms with van der Waals surface area (Å²) in [6.45, 7) is 2.10. The van der Waals surface area contributed by atoms with Crippen LogP contribution in [0.2, 0.25) is 0 Å². The Morgan fingerprint density at radius 2 is 2.06 bits per heavy atom. The highest BCUT2D eigenvalue weighted by molar-refractivity contribution is 6.07. The number of nitrogen functional groups attached to an aromatic ring is 1. The van der Waals surface area contributed by atoms with Crippen LogP contribution < -0.4 is 5.73 Å². The van der Waals surface area contributed by atoms with Gasteiger partial charge in [-0.25, -0.2) is 4.98 Å². The van der Waals surface area contributed by atoms with Crippen molar-refractivity contribution in [2.24, 2.45) is 7.05 Å². The number of benzene rings is 1. The molecule has 4 nitrogen and oxygen atoms in total. The standard InChI is InChI=1S/C12H12N4/c1-7-4-3-5-8-9-6-14-12(13)15-11(9)16(2)10(7)8/h3-6H,1-2H3,(H2,13,14,15). The van der Waals surface area contributed by atoms with Crippen LogP contribution in [0.1, 0.15) is 5.56 Å². The number of para-hydroxylation sites is 1. The highest BCUT2D eigenvalue weighted by Gasteiger charge is 2.11. The van der Waals surface area contributed by atoms with E-state index in [0.29, 0.717) is 5.95 Å². The first kappa shape index (κ1) is 9.15.